The van der Waals surface area contributed by atoms with E-state index >= 15 is 0 Å². The predicted molar refractivity (Wildman–Crippen MR) is 120 cm³/mol. The molecule has 29 heavy (non-hydrogen) atoms. The monoisotopic (exact) mass is 439 g/mol. The van der Waals surface area contributed by atoms with Crippen LogP contribution in [0.15, 0.2) is 24.3 Å². The fourth-order valence-corrected chi connectivity index (χ4v) is 5.67. The van der Waals surface area contributed by atoms with E-state index in [-0.39, 0.29) is 30.7 Å². The number of hydrogen-bond donors (Lipinski definition) is 2. The minimum atomic E-state index is -0.0619. The number of nitrogens with zero attached hydrogens (tertiary/aromatic N) is 3. The summed E-state index contributed by atoms with van der Waals surface area (Å²) in [5.41, 5.74) is 1.87. The molecule has 3 saturated heterocycles. The molecule has 0 unspecified atom stereocenters. The number of amides is 1. The van der Waals surface area contributed by atoms with Crippen molar-refractivity contribution in [2.45, 2.75) is 37.8 Å². The summed E-state index contributed by atoms with van der Waals surface area (Å²) in [4.78, 5) is 20.1. The van der Waals surface area contributed by atoms with E-state index in [4.69, 9.17) is 0 Å². The van der Waals surface area contributed by atoms with E-state index in [0.29, 0.717) is 23.8 Å². The molecule has 2 aromatic rings. The molecule has 1 aromatic carbocycles. The van der Waals surface area contributed by atoms with Crippen LogP contribution in [0, 0.1) is 11.8 Å². The third-order valence-corrected chi connectivity index (χ3v) is 6.99. The van der Waals surface area contributed by atoms with Crippen LogP contribution in [0.3, 0.4) is 0 Å². The SMILES string of the molecule is Cl.Cl.Cn1c(C(=O)NC[C@H]2[C@@H]3CNC[C@@H](C3)[C@@H]3CCCCN32)nc2ccccc21. The molecular formula is C21H31Cl2N5O. The number of carbonyl (C=O) groups excluding carboxylic acids is 1. The standard InChI is InChI=1S/C21H29N5O.2ClH/c1-25-18-8-3-2-6-16(18)24-20(25)21(27)23-13-19-15-10-14(11-22-12-15)17-7-4-5-9-26(17)19;;/h2-3,6,8,14-15,17,19,22H,4-5,7,9-13H2,1H3,(H,23,27);2*1H/t14-,15+,17+,19+;;/m1../s1. The first-order chi connectivity index (χ1) is 13.2. The van der Waals surface area contributed by atoms with Crippen LogP contribution in [-0.2, 0) is 7.05 Å². The number of imidazole rings is 1. The van der Waals surface area contributed by atoms with Crippen LogP contribution in [0.2, 0.25) is 0 Å². The van der Waals surface area contributed by atoms with Gasteiger partial charge in [0.15, 0.2) is 5.82 Å². The molecule has 160 valence electrons. The first kappa shape index (κ1) is 22.3. The van der Waals surface area contributed by atoms with Crippen molar-refractivity contribution in [3.63, 3.8) is 0 Å². The second-order valence-electron chi connectivity index (χ2n) is 8.48. The number of aryl methyl sites for hydroxylation is 1. The molecule has 3 fully saturated rings. The van der Waals surface area contributed by atoms with Gasteiger partial charge in [-0.05, 0) is 62.9 Å². The fraction of sp³-hybridized carbons (Fsp3) is 0.619. The largest absolute Gasteiger partial charge is 0.348 e. The molecule has 0 saturated carbocycles. The molecule has 1 amide bonds. The Labute approximate surface area is 184 Å². The van der Waals surface area contributed by atoms with Crippen molar-refractivity contribution in [3.8, 4) is 0 Å². The molecule has 4 atom stereocenters. The Kier molecular flexibility index (Phi) is 7.10. The minimum Gasteiger partial charge on any atom is -0.348 e. The van der Waals surface area contributed by atoms with E-state index in [9.17, 15) is 4.79 Å². The number of aromatic nitrogens is 2. The molecular weight excluding hydrogens is 409 g/mol. The topological polar surface area (TPSA) is 62.2 Å². The van der Waals surface area contributed by atoms with Crippen LogP contribution < -0.4 is 10.6 Å². The number of para-hydroxylation sites is 2. The Morgan fingerprint density at radius 1 is 1.21 bits per heavy atom. The molecule has 5 rings (SSSR count). The van der Waals surface area contributed by atoms with Crippen LogP contribution in [0.1, 0.15) is 36.3 Å². The lowest BCUT2D eigenvalue weighted by Crippen LogP contribution is -2.65. The molecule has 4 heterocycles. The highest BCUT2D eigenvalue weighted by molar-refractivity contribution is 5.94. The number of halogens is 2. The Morgan fingerprint density at radius 2 is 2.00 bits per heavy atom. The van der Waals surface area contributed by atoms with E-state index in [1.807, 2.05) is 35.9 Å². The lowest BCUT2D eigenvalue weighted by molar-refractivity contribution is -0.0372. The number of nitrogens with one attached hydrogen (secondary N) is 2. The molecule has 1 aromatic heterocycles. The predicted octanol–water partition coefficient (Wildman–Crippen LogP) is 2.61. The lowest BCUT2D eigenvalue weighted by Gasteiger charge is -2.55. The summed E-state index contributed by atoms with van der Waals surface area (Å²) in [6, 6.07) is 9.04. The maximum absolute atomic E-state index is 12.9. The normalized spacial score (nSPS) is 28.7. The molecule has 3 aliphatic rings. The van der Waals surface area contributed by atoms with Crippen molar-refractivity contribution in [2.75, 3.05) is 26.2 Å². The maximum atomic E-state index is 12.9. The van der Waals surface area contributed by atoms with Gasteiger partial charge in [-0.1, -0.05) is 18.6 Å². The third-order valence-electron chi connectivity index (χ3n) is 6.99. The summed E-state index contributed by atoms with van der Waals surface area (Å²) < 4.78 is 1.90. The second kappa shape index (κ2) is 9.21. The van der Waals surface area contributed by atoms with Gasteiger partial charge in [0.1, 0.15) is 0 Å². The molecule has 6 nitrogen and oxygen atoms in total. The van der Waals surface area contributed by atoms with Crippen LogP contribution in [0.5, 0.6) is 0 Å². The Hall–Kier alpha value is -1.34. The van der Waals surface area contributed by atoms with Gasteiger partial charge in [-0.15, -0.1) is 24.8 Å². The van der Waals surface area contributed by atoms with Crippen LogP contribution in [-0.4, -0.2) is 58.6 Å². The fourth-order valence-electron chi connectivity index (χ4n) is 5.67. The number of rotatable bonds is 3. The third kappa shape index (κ3) is 4.00. The summed E-state index contributed by atoms with van der Waals surface area (Å²) in [7, 11) is 1.92. The molecule has 8 heteroatoms. The summed E-state index contributed by atoms with van der Waals surface area (Å²) in [6.07, 6.45) is 5.26. The number of carbonyl (C=O) groups is 1. The number of hydrogen-bond acceptors (Lipinski definition) is 4. The minimum absolute atomic E-state index is 0. The zero-order valence-corrected chi connectivity index (χ0v) is 18.5. The van der Waals surface area contributed by atoms with Crippen molar-refractivity contribution in [1.82, 2.24) is 25.1 Å². The quantitative estimate of drug-likeness (QED) is 0.771. The zero-order chi connectivity index (χ0) is 18.4. The summed E-state index contributed by atoms with van der Waals surface area (Å²) in [6.45, 7) is 4.14. The molecule has 2 N–H and O–H groups in total. The Bertz CT molecular complexity index is 857. The van der Waals surface area contributed by atoms with Crippen molar-refractivity contribution < 1.29 is 4.79 Å². The second-order valence-corrected chi connectivity index (χ2v) is 8.48. The van der Waals surface area contributed by atoms with Crippen molar-refractivity contribution >= 4 is 41.8 Å². The Balaban J connectivity index is 0.00000120. The van der Waals surface area contributed by atoms with E-state index in [2.05, 4.69) is 20.5 Å². The molecule has 3 aliphatic heterocycles. The van der Waals surface area contributed by atoms with Gasteiger partial charge in [-0.2, -0.15) is 0 Å². The highest BCUT2D eigenvalue weighted by Gasteiger charge is 2.45. The molecule has 0 radical (unpaired) electrons. The van der Waals surface area contributed by atoms with Crippen LogP contribution in [0.25, 0.3) is 11.0 Å². The van der Waals surface area contributed by atoms with E-state index < -0.39 is 0 Å². The van der Waals surface area contributed by atoms with Gasteiger partial charge in [0, 0.05) is 25.7 Å². The first-order valence-corrected chi connectivity index (χ1v) is 10.4. The van der Waals surface area contributed by atoms with Crippen molar-refractivity contribution in [3.05, 3.63) is 30.1 Å². The van der Waals surface area contributed by atoms with E-state index in [0.717, 1.165) is 36.6 Å². The van der Waals surface area contributed by atoms with Gasteiger partial charge in [0.05, 0.1) is 11.0 Å². The Morgan fingerprint density at radius 3 is 2.83 bits per heavy atom. The number of fused-ring (bicyclic) bond motifs is 5. The summed E-state index contributed by atoms with van der Waals surface area (Å²) in [5.74, 6) is 1.87. The summed E-state index contributed by atoms with van der Waals surface area (Å²) in [5, 5.41) is 6.86. The molecule has 0 spiro atoms. The highest BCUT2D eigenvalue weighted by atomic mass is 35.5. The van der Waals surface area contributed by atoms with Gasteiger partial charge in [-0.3, -0.25) is 9.69 Å². The van der Waals surface area contributed by atoms with Gasteiger partial charge in [0.25, 0.3) is 5.91 Å². The van der Waals surface area contributed by atoms with Crippen molar-refractivity contribution in [1.29, 1.82) is 0 Å². The van der Waals surface area contributed by atoms with E-state index in [1.165, 1.54) is 32.2 Å². The van der Waals surface area contributed by atoms with Crippen LogP contribution in [0.4, 0.5) is 0 Å². The average Bonchev–Trinajstić information content (AvgIpc) is 3.05. The average molecular weight is 440 g/mol. The van der Waals surface area contributed by atoms with E-state index in [1.54, 1.807) is 0 Å². The maximum Gasteiger partial charge on any atom is 0.287 e. The number of benzene rings is 1. The highest BCUT2D eigenvalue weighted by Crippen LogP contribution is 2.38. The van der Waals surface area contributed by atoms with Gasteiger partial charge < -0.3 is 15.2 Å². The van der Waals surface area contributed by atoms with Gasteiger partial charge in [-0.25, -0.2) is 4.98 Å². The van der Waals surface area contributed by atoms with Gasteiger partial charge in [0.2, 0.25) is 0 Å². The number of piperidine rings is 3. The molecule has 0 aliphatic carbocycles. The lowest BCUT2D eigenvalue weighted by atomic mass is 9.73. The first-order valence-electron chi connectivity index (χ1n) is 10.4. The smallest absolute Gasteiger partial charge is 0.287 e. The molecule has 2 bridgehead atoms. The van der Waals surface area contributed by atoms with Crippen LogP contribution >= 0.6 is 24.8 Å². The van der Waals surface area contributed by atoms with Crippen molar-refractivity contribution in [2.24, 2.45) is 18.9 Å². The van der Waals surface area contributed by atoms with Gasteiger partial charge >= 0.3 is 0 Å². The zero-order valence-electron chi connectivity index (χ0n) is 16.8. The summed E-state index contributed by atoms with van der Waals surface area (Å²) >= 11 is 0.